The molecule has 0 unspecified atom stereocenters. The number of pyridine rings is 1. The van der Waals surface area contributed by atoms with Crippen molar-refractivity contribution in [1.82, 2.24) is 9.38 Å². The topological polar surface area (TPSA) is 38.6 Å². The second-order valence-corrected chi connectivity index (χ2v) is 9.66. The maximum absolute atomic E-state index is 5.60. The Labute approximate surface area is 170 Å². The van der Waals surface area contributed by atoms with E-state index in [-0.39, 0.29) is 11.0 Å². The number of hydrogen-bond acceptors (Lipinski definition) is 3. The second-order valence-electron chi connectivity index (χ2n) is 8.81. The normalized spacial score (nSPS) is 12.4. The zero-order valence-corrected chi connectivity index (χ0v) is 18.5. The fourth-order valence-corrected chi connectivity index (χ4v) is 4.30. The molecule has 1 aromatic carbocycles. The highest BCUT2D eigenvalue weighted by Gasteiger charge is 2.28. The van der Waals surface area contributed by atoms with Crippen LogP contribution in [0.3, 0.4) is 0 Å². The van der Waals surface area contributed by atoms with Crippen LogP contribution in [-0.4, -0.2) is 22.0 Å². The molecule has 0 bridgehead atoms. The van der Waals surface area contributed by atoms with E-state index in [0.29, 0.717) is 0 Å². The molecule has 0 aliphatic heterocycles. The Kier molecular flexibility index (Phi) is 5.26. The van der Waals surface area contributed by atoms with Crippen molar-refractivity contribution < 1.29 is 4.74 Å². The van der Waals surface area contributed by atoms with Crippen LogP contribution in [0.5, 0.6) is 5.75 Å². The summed E-state index contributed by atoms with van der Waals surface area (Å²) in [6.07, 6.45) is 3.06. The summed E-state index contributed by atoms with van der Waals surface area (Å²) < 4.78 is 8.67. The third-order valence-electron chi connectivity index (χ3n) is 4.39. The van der Waals surface area contributed by atoms with Crippen LogP contribution in [0.4, 0.5) is 5.82 Å². The summed E-state index contributed by atoms with van der Waals surface area (Å²) in [6, 6.07) is 12.0. The minimum atomic E-state index is -0.104. The van der Waals surface area contributed by atoms with E-state index in [4.69, 9.17) is 9.72 Å². The lowest BCUT2D eigenvalue weighted by Crippen LogP contribution is -2.36. The van der Waals surface area contributed by atoms with Crippen LogP contribution >= 0.6 is 15.9 Å². The van der Waals surface area contributed by atoms with Crippen molar-refractivity contribution >= 4 is 27.4 Å². The van der Waals surface area contributed by atoms with E-state index in [1.54, 1.807) is 7.11 Å². The van der Waals surface area contributed by atoms with Gasteiger partial charge >= 0.3 is 0 Å². The molecular formula is C22H28BrN3O. The molecular weight excluding hydrogens is 402 g/mol. The van der Waals surface area contributed by atoms with Crippen molar-refractivity contribution in [3.63, 3.8) is 0 Å². The monoisotopic (exact) mass is 429 g/mol. The number of nitrogens with one attached hydrogen (secondary N) is 1. The number of anilines is 1. The van der Waals surface area contributed by atoms with Gasteiger partial charge < -0.3 is 10.1 Å². The van der Waals surface area contributed by atoms with Crippen molar-refractivity contribution in [2.24, 2.45) is 5.41 Å². The number of ether oxygens (including phenoxy) is 1. The molecule has 2 aromatic heterocycles. The van der Waals surface area contributed by atoms with Crippen molar-refractivity contribution in [2.45, 2.75) is 46.6 Å². The van der Waals surface area contributed by atoms with Gasteiger partial charge in [-0.15, -0.1) is 0 Å². The zero-order valence-electron chi connectivity index (χ0n) is 16.9. The summed E-state index contributed by atoms with van der Waals surface area (Å²) in [5.41, 5.74) is 2.86. The van der Waals surface area contributed by atoms with Crippen molar-refractivity contribution in [3.8, 4) is 17.0 Å². The number of halogens is 1. The van der Waals surface area contributed by atoms with Crippen LogP contribution in [0.1, 0.15) is 41.0 Å². The van der Waals surface area contributed by atoms with Crippen LogP contribution in [0.25, 0.3) is 16.9 Å². The van der Waals surface area contributed by atoms with E-state index in [1.807, 2.05) is 36.5 Å². The van der Waals surface area contributed by atoms with Gasteiger partial charge in [0.2, 0.25) is 0 Å². The number of imidazole rings is 1. The average Bonchev–Trinajstić information content (AvgIpc) is 2.92. The molecule has 3 aromatic rings. The third-order valence-corrected chi connectivity index (χ3v) is 5.01. The van der Waals surface area contributed by atoms with E-state index in [2.05, 4.69) is 66.3 Å². The van der Waals surface area contributed by atoms with Crippen LogP contribution in [0, 0.1) is 5.41 Å². The highest BCUT2D eigenvalue weighted by atomic mass is 79.9. The Hall–Kier alpha value is -2.01. The Morgan fingerprint density at radius 2 is 1.78 bits per heavy atom. The van der Waals surface area contributed by atoms with Gasteiger partial charge in [-0.3, -0.25) is 4.40 Å². The van der Waals surface area contributed by atoms with E-state index >= 15 is 0 Å². The van der Waals surface area contributed by atoms with E-state index in [0.717, 1.165) is 39.4 Å². The first-order chi connectivity index (χ1) is 12.6. The third kappa shape index (κ3) is 4.29. The second kappa shape index (κ2) is 7.19. The number of aromatic nitrogens is 2. The lowest BCUT2D eigenvalue weighted by molar-refractivity contribution is 0.302. The minimum Gasteiger partial charge on any atom is -0.496 e. The van der Waals surface area contributed by atoms with Crippen LogP contribution in [0.2, 0.25) is 0 Å². The highest BCUT2D eigenvalue weighted by Crippen LogP contribution is 2.39. The first-order valence-electron chi connectivity index (χ1n) is 9.19. The first-order valence-corrected chi connectivity index (χ1v) is 9.99. The predicted molar refractivity (Wildman–Crippen MR) is 117 cm³/mol. The maximum atomic E-state index is 5.60. The smallest absolute Gasteiger partial charge is 0.153 e. The molecule has 4 nitrogen and oxygen atoms in total. The lowest BCUT2D eigenvalue weighted by atomic mass is 9.82. The first kappa shape index (κ1) is 19.7. The summed E-state index contributed by atoms with van der Waals surface area (Å²) in [4.78, 5) is 4.95. The van der Waals surface area contributed by atoms with Gasteiger partial charge in [0.25, 0.3) is 0 Å². The predicted octanol–water partition coefficient (Wildman–Crippen LogP) is 6.40. The summed E-state index contributed by atoms with van der Waals surface area (Å²) in [7, 11) is 1.70. The molecule has 5 heteroatoms. The Morgan fingerprint density at radius 1 is 1.07 bits per heavy atom. The van der Waals surface area contributed by atoms with Gasteiger partial charge in [0.05, 0.1) is 11.6 Å². The molecule has 0 radical (unpaired) electrons. The fourth-order valence-electron chi connectivity index (χ4n) is 3.87. The van der Waals surface area contributed by atoms with Gasteiger partial charge in [-0.25, -0.2) is 4.98 Å². The summed E-state index contributed by atoms with van der Waals surface area (Å²) >= 11 is 3.64. The largest absolute Gasteiger partial charge is 0.496 e. The number of rotatable bonds is 5. The SMILES string of the molecule is COc1ccccc1-c1nc2c(Br)cccn2c1NC(C)(C)CC(C)(C)C. The molecule has 0 saturated heterocycles. The number of para-hydroxylation sites is 1. The van der Waals surface area contributed by atoms with E-state index in [9.17, 15) is 0 Å². The number of hydrogen-bond donors (Lipinski definition) is 1. The fraction of sp³-hybridized carbons (Fsp3) is 0.409. The molecule has 0 aliphatic rings. The van der Waals surface area contributed by atoms with Crippen molar-refractivity contribution in [1.29, 1.82) is 0 Å². The highest BCUT2D eigenvalue weighted by molar-refractivity contribution is 9.10. The minimum absolute atomic E-state index is 0.104. The zero-order chi connectivity index (χ0) is 19.8. The Bertz CT molecular complexity index is 954. The van der Waals surface area contributed by atoms with Crippen LogP contribution in [-0.2, 0) is 0 Å². The van der Waals surface area contributed by atoms with Gasteiger partial charge in [0.1, 0.15) is 17.3 Å². The number of fused-ring (bicyclic) bond motifs is 1. The lowest BCUT2D eigenvalue weighted by Gasteiger charge is -2.34. The number of benzene rings is 1. The number of nitrogens with zero attached hydrogens (tertiary/aromatic N) is 2. The molecule has 0 spiro atoms. The molecule has 0 atom stereocenters. The van der Waals surface area contributed by atoms with Gasteiger partial charge in [0, 0.05) is 17.3 Å². The quantitative estimate of drug-likeness (QED) is 0.509. The van der Waals surface area contributed by atoms with Crippen molar-refractivity contribution in [3.05, 3.63) is 47.1 Å². The summed E-state index contributed by atoms with van der Waals surface area (Å²) in [5, 5.41) is 3.77. The Morgan fingerprint density at radius 3 is 2.44 bits per heavy atom. The van der Waals surface area contributed by atoms with E-state index < -0.39 is 0 Å². The summed E-state index contributed by atoms with van der Waals surface area (Å²) in [6.45, 7) is 11.3. The molecule has 0 saturated carbocycles. The molecule has 1 N–H and O–H groups in total. The van der Waals surface area contributed by atoms with Crippen LogP contribution in [0.15, 0.2) is 47.1 Å². The molecule has 0 amide bonds. The maximum Gasteiger partial charge on any atom is 0.153 e. The summed E-state index contributed by atoms with van der Waals surface area (Å²) in [5.74, 6) is 1.79. The number of methoxy groups -OCH3 is 1. The Balaban J connectivity index is 2.20. The van der Waals surface area contributed by atoms with Gasteiger partial charge in [-0.1, -0.05) is 32.9 Å². The molecule has 0 aliphatic carbocycles. The molecule has 0 fully saturated rings. The van der Waals surface area contributed by atoms with Crippen molar-refractivity contribution in [2.75, 3.05) is 12.4 Å². The van der Waals surface area contributed by atoms with Gasteiger partial charge in [0.15, 0.2) is 5.65 Å². The average molecular weight is 430 g/mol. The molecule has 144 valence electrons. The van der Waals surface area contributed by atoms with Crippen LogP contribution < -0.4 is 10.1 Å². The molecule has 3 rings (SSSR count). The molecule has 27 heavy (non-hydrogen) atoms. The van der Waals surface area contributed by atoms with E-state index in [1.165, 1.54) is 0 Å². The molecule has 2 heterocycles. The van der Waals surface area contributed by atoms with Gasteiger partial charge in [-0.05, 0) is 65.9 Å². The standard InChI is InChI=1S/C22H28BrN3O/c1-21(2,3)14-22(4,5)25-20-18(15-10-7-8-12-17(15)27-6)24-19-16(23)11-9-13-26(19)20/h7-13,25H,14H2,1-6H3. The van der Waals surface area contributed by atoms with Gasteiger partial charge in [-0.2, -0.15) is 0 Å².